The third-order valence-corrected chi connectivity index (χ3v) is 2.81. The van der Waals surface area contributed by atoms with E-state index in [1.54, 1.807) is 12.1 Å². The summed E-state index contributed by atoms with van der Waals surface area (Å²) in [5.74, 6) is -0.449. The number of hydrogen-bond donors (Lipinski definition) is 1. The molecule has 1 fully saturated rings. The maximum absolute atomic E-state index is 11.0. The summed E-state index contributed by atoms with van der Waals surface area (Å²) in [6.07, 6.45) is 1.78. The zero-order valence-corrected chi connectivity index (χ0v) is 9.04. The molecule has 3 heterocycles. The molecule has 88 valence electrons. The molecule has 2 aromatic rings. The van der Waals surface area contributed by atoms with Gasteiger partial charge < -0.3 is 9.84 Å². The van der Waals surface area contributed by atoms with E-state index in [1.165, 1.54) is 10.6 Å². The van der Waals surface area contributed by atoms with Crippen molar-refractivity contribution in [2.45, 2.75) is 18.9 Å². The molecular weight excluding hydrogens is 222 g/mol. The van der Waals surface area contributed by atoms with Crippen LogP contribution in [0.5, 0.6) is 0 Å². The molecule has 1 saturated heterocycles. The lowest BCUT2D eigenvalue weighted by molar-refractivity contribution is 0.0686. The Morgan fingerprint density at radius 2 is 2.41 bits per heavy atom. The Morgan fingerprint density at radius 1 is 1.53 bits per heavy atom. The minimum atomic E-state index is -1.01. The lowest BCUT2D eigenvalue weighted by Gasteiger charge is -2.01. The van der Waals surface area contributed by atoms with E-state index >= 15 is 0 Å². The van der Waals surface area contributed by atoms with Crippen molar-refractivity contribution in [1.82, 2.24) is 14.6 Å². The highest BCUT2D eigenvalue weighted by Crippen LogP contribution is 2.26. The van der Waals surface area contributed by atoms with Crippen LogP contribution in [-0.2, 0) is 4.74 Å². The molecule has 2 aromatic heterocycles. The average molecular weight is 233 g/mol. The fraction of sp³-hybridized carbons (Fsp3) is 0.364. The smallest absolute Gasteiger partial charge is 0.354 e. The lowest BCUT2D eigenvalue weighted by Crippen LogP contribution is -2.06. The first-order valence-electron chi connectivity index (χ1n) is 5.46. The van der Waals surface area contributed by atoms with E-state index in [0.29, 0.717) is 18.1 Å². The molecule has 17 heavy (non-hydrogen) atoms. The highest BCUT2D eigenvalue weighted by Gasteiger charge is 2.23. The van der Waals surface area contributed by atoms with Crippen molar-refractivity contribution in [2.24, 2.45) is 0 Å². The predicted octanol–water partition coefficient (Wildman–Crippen LogP) is 1.28. The number of carbonyl (C=O) groups is 1. The topological polar surface area (TPSA) is 76.7 Å². The predicted molar refractivity (Wildman–Crippen MR) is 57.9 cm³/mol. The summed E-state index contributed by atoms with van der Waals surface area (Å²) in [6.45, 7) is 0.714. The maximum Gasteiger partial charge on any atom is 0.354 e. The zero-order chi connectivity index (χ0) is 11.8. The molecular formula is C11H11N3O3. The molecule has 0 spiro atoms. The van der Waals surface area contributed by atoms with Crippen molar-refractivity contribution in [2.75, 3.05) is 6.61 Å². The van der Waals surface area contributed by atoms with Gasteiger partial charge in [0.1, 0.15) is 6.10 Å². The fourth-order valence-electron chi connectivity index (χ4n) is 2.00. The Hall–Kier alpha value is -1.95. The van der Waals surface area contributed by atoms with Crippen LogP contribution >= 0.6 is 0 Å². The summed E-state index contributed by atoms with van der Waals surface area (Å²) in [6, 6.07) is 4.90. The fourth-order valence-corrected chi connectivity index (χ4v) is 2.00. The first-order chi connectivity index (χ1) is 8.25. The van der Waals surface area contributed by atoms with Crippen LogP contribution in [0.25, 0.3) is 5.65 Å². The minimum absolute atomic E-state index is 0.100. The van der Waals surface area contributed by atoms with E-state index in [2.05, 4.69) is 10.1 Å². The van der Waals surface area contributed by atoms with Gasteiger partial charge in [0.05, 0.1) is 0 Å². The van der Waals surface area contributed by atoms with Crippen LogP contribution in [0.2, 0.25) is 0 Å². The summed E-state index contributed by atoms with van der Waals surface area (Å²) in [4.78, 5) is 15.3. The molecule has 0 bridgehead atoms. The third kappa shape index (κ3) is 1.66. The molecule has 0 saturated carbocycles. The monoisotopic (exact) mass is 233 g/mol. The normalized spacial score (nSPS) is 19.9. The van der Waals surface area contributed by atoms with Gasteiger partial charge in [-0.25, -0.2) is 14.3 Å². The van der Waals surface area contributed by atoms with Gasteiger partial charge in [0.2, 0.25) is 0 Å². The summed E-state index contributed by atoms with van der Waals surface area (Å²) >= 11 is 0. The van der Waals surface area contributed by atoms with Gasteiger partial charge >= 0.3 is 5.97 Å². The van der Waals surface area contributed by atoms with Crippen molar-refractivity contribution in [3.63, 3.8) is 0 Å². The summed E-state index contributed by atoms with van der Waals surface area (Å²) in [5.41, 5.74) is 0.648. The van der Waals surface area contributed by atoms with Crippen LogP contribution in [-0.4, -0.2) is 32.3 Å². The second-order valence-electron chi connectivity index (χ2n) is 3.96. The number of ether oxygens (including phenoxy) is 1. The number of nitrogens with zero attached hydrogens (tertiary/aromatic N) is 3. The van der Waals surface area contributed by atoms with Gasteiger partial charge in [-0.05, 0) is 25.0 Å². The molecule has 0 amide bonds. The lowest BCUT2D eigenvalue weighted by atomic mass is 10.2. The first kappa shape index (κ1) is 10.2. The molecule has 6 nitrogen and oxygen atoms in total. The van der Waals surface area contributed by atoms with Gasteiger partial charge in [-0.3, -0.25) is 0 Å². The van der Waals surface area contributed by atoms with E-state index in [4.69, 9.17) is 9.84 Å². The van der Waals surface area contributed by atoms with Crippen molar-refractivity contribution in [3.8, 4) is 0 Å². The van der Waals surface area contributed by atoms with Crippen LogP contribution in [0.3, 0.4) is 0 Å². The SMILES string of the molecule is O=C(O)c1cccc2nc(C3CCCO3)nn12. The standard InChI is InChI=1S/C11H11N3O3/c15-11(16)7-3-1-5-9-12-10(13-14(7)9)8-4-2-6-17-8/h1,3,5,8H,2,4,6H2,(H,15,16). The number of carboxylic acids is 1. The summed E-state index contributed by atoms with van der Waals surface area (Å²) < 4.78 is 6.83. The number of pyridine rings is 1. The Labute approximate surface area is 96.8 Å². The Bertz CT molecular complexity index is 572. The molecule has 0 aromatic carbocycles. The molecule has 1 atom stereocenters. The van der Waals surface area contributed by atoms with Gasteiger partial charge in [0.25, 0.3) is 0 Å². The zero-order valence-electron chi connectivity index (χ0n) is 9.04. The molecule has 0 aliphatic carbocycles. The maximum atomic E-state index is 11.0. The van der Waals surface area contributed by atoms with Gasteiger partial charge in [0, 0.05) is 6.61 Å². The second kappa shape index (κ2) is 3.81. The highest BCUT2D eigenvalue weighted by molar-refractivity contribution is 5.86. The average Bonchev–Trinajstić information content (AvgIpc) is 2.96. The Morgan fingerprint density at radius 3 is 3.12 bits per heavy atom. The van der Waals surface area contributed by atoms with Crippen LogP contribution in [0.4, 0.5) is 0 Å². The number of carboxylic acid groups (broad SMARTS) is 1. The molecule has 6 heteroatoms. The van der Waals surface area contributed by atoms with Crippen molar-refractivity contribution in [1.29, 1.82) is 0 Å². The van der Waals surface area contributed by atoms with Gasteiger partial charge in [-0.1, -0.05) is 6.07 Å². The Balaban J connectivity index is 2.11. The van der Waals surface area contributed by atoms with Crippen molar-refractivity contribution >= 4 is 11.6 Å². The molecule has 1 aliphatic heterocycles. The van der Waals surface area contributed by atoms with E-state index in [-0.39, 0.29) is 11.8 Å². The quantitative estimate of drug-likeness (QED) is 0.845. The van der Waals surface area contributed by atoms with E-state index < -0.39 is 5.97 Å². The Kier molecular flexibility index (Phi) is 2.29. The van der Waals surface area contributed by atoms with E-state index in [0.717, 1.165) is 12.8 Å². The molecule has 0 radical (unpaired) electrons. The first-order valence-corrected chi connectivity index (χ1v) is 5.46. The largest absolute Gasteiger partial charge is 0.477 e. The highest BCUT2D eigenvalue weighted by atomic mass is 16.5. The number of hydrogen-bond acceptors (Lipinski definition) is 4. The van der Waals surface area contributed by atoms with E-state index in [9.17, 15) is 4.79 Å². The van der Waals surface area contributed by atoms with Crippen LogP contribution in [0.1, 0.15) is 35.3 Å². The van der Waals surface area contributed by atoms with Crippen LogP contribution in [0, 0.1) is 0 Å². The summed E-state index contributed by atoms with van der Waals surface area (Å²) in [7, 11) is 0. The van der Waals surface area contributed by atoms with Crippen LogP contribution < -0.4 is 0 Å². The van der Waals surface area contributed by atoms with Crippen molar-refractivity contribution < 1.29 is 14.6 Å². The minimum Gasteiger partial charge on any atom is -0.477 e. The molecule has 3 rings (SSSR count). The van der Waals surface area contributed by atoms with Crippen LogP contribution in [0.15, 0.2) is 18.2 Å². The van der Waals surface area contributed by atoms with E-state index in [1.807, 2.05) is 0 Å². The second-order valence-corrected chi connectivity index (χ2v) is 3.96. The number of aromatic carboxylic acids is 1. The molecule has 1 aliphatic rings. The molecule has 1 N–H and O–H groups in total. The number of aromatic nitrogens is 3. The van der Waals surface area contributed by atoms with Crippen molar-refractivity contribution in [3.05, 3.63) is 29.7 Å². The number of fused-ring (bicyclic) bond motifs is 1. The third-order valence-electron chi connectivity index (χ3n) is 2.81. The number of rotatable bonds is 2. The molecule has 1 unspecified atom stereocenters. The van der Waals surface area contributed by atoms with Gasteiger partial charge in [0.15, 0.2) is 17.2 Å². The van der Waals surface area contributed by atoms with Gasteiger partial charge in [-0.2, -0.15) is 0 Å². The van der Waals surface area contributed by atoms with Gasteiger partial charge in [-0.15, -0.1) is 5.10 Å². The summed E-state index contributed by atoms with van der Waals surface area (Å²) in [5, 5.41) is 13.3.